The molecule has 1 N–H and O–H groups in total. The predicted octanol–water partition coefficient (Wildman–Crippen LogP) is 3.15. The zero-order valence-electron chi connectivity index (χ0n) is 17.1. The van der Waals surface area contributed by atoms with E-state index in [1.165, 1.54) is 9.80 Å². The van der Waals surface area contributed by atoms with E-state index in [-0.39, 0.29) is 23.8 Å². The topological polar surface area (TPSA) is 82.6 Å². The number of hydrogen-bond acceptors (Lipinski definition) is 5. The lowest BCUT2D eigenvalue weighted by molar-refractivity contribution is -0.127. The first-order chi connectivity index (χ1) is 14.8. The average Bonchev–Trinajstić information content (AvgIpc) is 3.36. The summed E-state index contributed by atoms with van der Waals surface area (Å²) < 4.78 is 1.09. The molecule has 0 aliphatic carbocycles. The SMILES string of the molecule is C=C(NC(=O)C(=C)N1Cc2c(cccc2-c2ccc3scnc3c2)C1=O)C(=O)N(C)C. The molecule has 0 radical (unpaired) electrons. The van der Waals surface area contributed by atoms with Crippen LogP contribution in [0.15, 0.2) is 66.5 Å². The minimum atomic E-state index is -0.646. The molecule has 0 spiro atoms. The van der Waals surface area contributed by atoms with Crippen molar-refractivity contribution < 1.29 is 14.4 Å². The molecule has 8 heteroatoms. The Bertz CT molecular complexity index is 1270. The van der Waals surface area contributed by atoms with E-state index in [1.807, 2.05) is 30.3 Å². The summed E-state index contributed by atoms with van der Waals surface area (Å²) in [5.74, 6) is -1.39. The van der Waals surface area contributed by atoms with Gasteiger partial charge in [-0.3, -0.25) is 19.3 Å². The van der Waals surface area contributed by atoms with Crippen molar-refractivity contribution in [3.63, 3.8) is 0 Å². The summed E-state index contributed by atoms with van der Waals surface area (Å²) >= 11 is 1.57. The number of nitrogens with zero attached hydrogens (tertiary/aromatic N) is 3. The summed E-state index contributed by atoms with van der Waals surface area (Å²) in [5.41, 5.74) is 5.76. The predicted molar refractivity (Wildman–Crippen MR) is 120 cm³/mol. The number of carbonyl (C=O) groups is 3. The Kier molecular flexibility index (Phi) is 5.16. The molecule has 1 aromatic heterocycles. The maximum atomic E-state index is 13.0. The van der Waals surface area contributed by atoms with Crippen LogP contribution in [0.4, 0.5) is 0 Å². The summed E-state index contributed by atoms with van der Waals surface area (Å²) in [6, 6.07) is 11.5. The first kappa shape index (κ1) is 20.5. The second-order valence-electron chi connectivity index (χ2n) is 7.34. The summed E-state index contributed by atoms with van der Waals surface area (Å²) in [5, 5.41) is 2.42. The molecule has 31 heavy (non-hydrogen) atoms. The normalized spacial score (nSPS) is 12.6. The van der Waals surface area contributed by atoms with E-state index in [0.717, 1.165) is 26.9 Å². The Morgan fingerprint density at radius 1 is 1.16 bits per heavy atom. The molecule has 0 atom stereocenters. The first-order valence-electron chi connectivity index (χ1n) is 9.46. The van der Waals surface area contributed by atoms with Crippen molar-refractivity contribution in [2.24, 2.45) is 0 Å². The summed E-state index contributed by atoms with van der Waals surface area (Å²) in [7, 11) is 3.11. The second-order valence-corrected chi connectivity index (χ2v) is 8.22. The number of nitrogens with one attached hydrogen (secondary N) is 1. The van der Waals surface area contributed by atoms with Crippen LogP contribution in [0.25, 0.3) is 21.3 Å². The number of fused-ring (bicyclic) bond motifs is 2. The van der Waals surface area contributed by atoms with Crippen molar-refractivity contribution in [3.05, 3.63) is 77.6 Å². The molecule has 0 saturated heterocycles. The Labute approximate surface area is 183 Å². The molecule has 1 aliphatic rings. The van der Waals surface area contributed by atoms with E-state index in [0.29, 0.717) is 5.56 Å². The molecule has 2 aromatic carbocycles. The zero-order chi connectivity index (χ0) is 22.3. The Morgan fingerprint density at radius 3 is 2.65 bits per heavy atom. The van der Waals surface area contributed by atoms with Crippen LogP contribution in [0.2, 0.25) is 0 Å². The van der Waals surface area contributed by atoms with Crippen LogP contribution in [0, 0.1) is 0 Å². The third kappa shape index (κ3) is 3.62. The molecule has 0 fully saturated rings. The van der Waals surface area contributed by atoms with Gasteiger partial charge in [-0.1, -0.05) is 31.4 Å². The average molecular weight is 433 g/mol. The van der Waals surface area contributed by atoms with Crippen LogP contribution < -0.4 is 5.32 Å². The van der Waals surface area contributed by atoms with Gasteiger partial charge < -0.3 is 10.2 Å². The minimum absolute atomic E-state index is 0.0465. The largest absolute Gasteiger partial charge is 0.344 e. The van der Waals surface area contributed by atoms with Gasteiger partial charge in [0.25, 0.3) is 17.7 Å². The van der Waals surface area contributed by atoms with Crippen LogP contribution in [0.1, 0.15) is 15.9 Å². The lowest BCUT2D eigenvalue weighted by Crippen LogP contribution is -2.38. The molecule has 156 valence electrons. The van der Waals surface area contributed by atoms with Crippen molar-refractivity contribution in [2.45, 2.75) is 6.54 Å². The summed E-state index contributed by atoms with van der Waals surface area (Å²) in [6.07, 6.45) is 0. The number of rotatable bonds is 5. The third-order valence-electron chi connectivity index (χ3n) is 5.13. The van der Waals surface area contributed by atoms with E-state index in [2.05, 4.69) is 23.5 Å². The molecule has 4 rings (SSSR count). The van der Waals surface area contributed by atoms with Crippen molar-refractivity contribution in [3.8, 4) is 11.1 Å². The van der Waals surface area contributed by atoms with E-state index in [4.69, 9.17) is 0 Å². The zero-order valence-corrected chi connectivity index (χ0v) is 18.0. The van der Waals surface area contributed by atoms with Gasteiger partial charge in [0, 0.05) is 19.7 Å². The van der Waals surface area contributed by atoms with Gasteiger partial charge in [0.15, 0.2) is 0 Å². The summed E-state index contributed by atoms with van der Waals surface area (Å²) in [4.78, 5) is 44.5. The van der Waals surface area contributed by atoms with Crippen molar-refractivity contribution in [1.29, 1.82) is 0 Å². The highest BCUT2D eigenvalue weighted by molar-refractivity contribution is 7.16. The molecule has 0 bridgehead atoms. The van der Waals surface area contributed by atoms with E-state index in [9.17, 15) is 14.4 Å². The second kappa shape index (κ2) is 7.81. The number of benzene rings is 2. The molecule has 3 aromatic rings. The van der Waals surface area contributed by atoms with Crippen molar-refractivity contribution >= 4 is 39.3 Å². The first-order valence-corrected chi connectivity index (χ1v) is 10.3. The van der Waals surface area contributed by atoms with Gasteiger partial charge in [0.05, 0.1) is 28.0 Å². The Balaban J connectivity index is 1.60. The maximum absolute atomic E-state index is 13.0. The van der Waals surface area contributed by atoms with Gasteiger partial charge in [0.2, 0.25) is 0 Å². The molecular formula is C23H20N4O3S. The summed E-state index contributed by atoms with van der Waals surface area (Å²) in [6.45, 7) is 7.58. The third-order valence-corrected chi connectivity index (χ3v) is 5.94. The molecule has 2 heterocycles. The Hall–Kier alpha value is -3.78. The van der Waals surface area contributed by atoms with Crippen LogP contribution in [-0.4, -0.2) is 46.6 Å². The van der Waals surface area contributed by atoms with Gasteiger partial charge in [-0.2, -0.15) is 0 Å². The van der Waals surface area contributed by atoms with E-state index >= 15 is 0 Å². The van der Waals surface area contributed by atoms with Crippen LogP contribution in [0.3, 0.4) is 0 Å². The molecule has 1 aliphatic heterocycles. The van der Waals surface area contributed by atoms with Crippen LogP contribution in [0.5, 0.6) is 0 Å². The standard InChI is InChI=1S/C23H20N4O3S/c1-13(22(29)26(3)4)25-21(28)14(2)27-11-18-16(6-5-7-17(18)23(27)30)15-8-9-20-19(10-15)24-12-31-20/h5-10,12H,1-2,11H2,3-4H3,(H,25,28). The van der Waals surface area contributed by atoms with Gasteiger partial charge in [0.1, 0.15) is 5.70 Å². The number of likely N-dealkylation sites (N-methyl/N-ethyl adjacent to an activating group) is 1. The minimum Gasteiger partial charge on any atom is -0.344 e. The molecule has 0 saturated carbocycles. The smallest absolute Gasteiger partial charge is 0.271 e. The van der Waals surface area contributed by atoms with E-state index in [1.54, 1.807) is 37.0 Å². The quantitative estimate of drug-likeness (QED) is 0.628. The van der Waals surface area contributed by atoms with Crippen LogP contribution in [-0.2, 0) is 16.1 Å². The van der Waals surface area contributed by atoms with Gasteiger partial charge in [-0.15, -0.1) is 11.3 Å². The van der Waals surface area contributed by atoms with Crippen LogP contribution >= 0.6 is 11.3 Å². The number of thiazole rings is 1. The number of carbonyl (C=O) groups excluding carboxylic acids is 3. The fraction of sp³-hybridized carbons (Fsp3) is 0.130. The monoisotopic (exact) mass is 432 g/mol. The molecule has 3 amide bonds. The highest BCUT2D eigenvalue weighted by Gasteiger charge is 2.33. The van der Waals surface area contributed by atoms with Crippen molar-refractivity contribution in [1.82, 2.24) is 20.1 Å². The molecule has 7 nitrogen and oxygen atoms in total. The number of amides is 3. The molecule has 0 unspecified atom stereocenters. The van der Waals surface area contributed by atoms with Gasteiger partial charge in [-0.25, -0.2) is 4.98 Å². The lowest BCUT2D eigenvalue weighted by Gasteiger charge is -2.19. The van der Waals surface area contributed by atoms with E-state index < -0.39 is 11.8 Å². The van der Waals surface area contributed by atoms with Gasteiger partial charge in [-0.05, 0) is 34.9 Å². The van der Waals surface area contributed by atoms with Crippen molar-refractivity contribution in [2.75, 3.05) is 14.1 Å². The Morgan fingerprint density at radius 2 is 1.90 bits per heavy atom. The highest BCUT2D eigenvalue weighted by Crippen LogP contribution is 2.35. The fourth-order valence-corrected chi connectivity index (χ4v) is 4.16. The number of aromatic nitrogens is 1. The maximum Gasteiger partial charge on any atom is 0.271 e. The lowest BCUT2D eigenvalue weighted by atomic mass is 9.97. The van der Waals surface area contributed by atoms with Gasteiger partial charge >= 0.3 is 0 Å². The highest BCUT2D eigenvalue weighted by atomic mass is 32.1. The number of hydrogen-bond donors (Lipinski definition) is 1. The molecular weight excluding hydrogens is 412 g/mol. The fourth-order valence-electron chi connectivity index (χ4n) is 3.50.